The van der Waals surface area contributed by atoms with Gasteiger partial charge in [-0.1, -0.05) is 30.3 Å². The molecular weight excluding hydrogens is 306 g/mol. The molecule has 24 heavy (non-hydrogen) atoms. The summed E-state index contributed by atoms with van der Waals surface area (Å²) in [5.74, 6) is 0.766. The smallest absolute Gasteiger partial charge is 0.240 e. The van der Waals surface area contributed by atoms with Crippen molar-refractivity contribution in [3.8, 4) is 0 Å². The van der Waals surface area contributed by atoms with E-state index in [4.69, 9.17) is 9.47 Å². The molecule has 2 heterocycles. The van der Waals surface area contributed by atoms with E-state index in [0.29, 0.717) is 19.8 Å². The Morgan fingerprint density at radius 1 is 1.42 bits per heavy atom. The first-order valence-electron chi connectivity index (χ1n) is 8.23. The van der Waals surface area contributed by atoms with Gasteiger partial charge in [-0.15, -0.1) is 0 Å². The molecular formula is C18H23N3O3. The van der Waals surface area contributed by atoms with Gasteiger partial charge in [0.1, 0.15) is 12.4 Å². The molecule has 1 aromatic heterocycles. The van der Waals surface area contributed by atoms with Crippen LogP contribution in [-0.2, 0) is 27.4 Å². The largest absolute Gasteiger partial charge is 0.379 e. The molecule has 1 aliphatic heterocycles. The number of imidazole rings is 1. The minimum atomic E-state index is -0.126. The summed E-state index contributed by atoms with van der Waals surface area (Å²) < 4.78 is 13.4. The number of aryl methyl sites for hydroxylation is 1. The predicted molar refractivity (Wildman–Crippen MR) is 89.3 cm³/mol. The lowest BCUT2D eigenvalue weighted by Crippen LogP contribution is -2.51. The van der Waals surface area contributed by atoms with Crippen molar-refractivity contribution < 1.29 is 14.3 Å². The highest BCUT2D eigenvalue weighted by atomic mass is 16.5. The van der Waals surface area contributed by atoms with Gasteiger partial charge in [-0.25, -0.2) is 4.98 Å². The maximum absolute atomic E-state index is 12.3. The number of nitrogens with one attached hydrogen (secondary N) is 1. The molecule has 0 radical (unpaired) electrons. The number of carbonyl (C=O) groups is 1. The molecule has 1 amide bonds. The van der Waals surface area contributed by atoms with Crippen LogP contribution in [0.3, 0.4) is 0 Å². The monoisotopic (exact) mass is 329 g/mol. The number of hydrogen-bond acceptors (Lipinski definition) is 4. The van der Waals surface area contributed by atoms with Gasteiger partial charge in [-0.2, -0.15) is 0 Å². The average molecular weight is 329 g/mol. The fourth-order valence-electron chi connectivity index (χ4n) is 2.81. The number of aromatic nitrogens is 2. The molecule has 1 aliphatic rings. The Morgan fingerprint density at radius 2 is 2.25 bits per heavy atom. The Kier molecular flexibility index (Phi) is 5.61. The Labute approximate surface area is 141 Å². The summed E-state index contributed by atoms with van der Waals surface area (Å²) in [5, 5.41) is 3.03. The van der Waals surface area contributed by atoms with Crippen molar-refractivity contribution in [1.82, 2.24) is 14.9 Å². The second kappa shape index (κ2) is 8.08. The Morgan fingerprint density at radius 3 is 3.00 bits per heavy atom. The lowest BCUT2D eigenvalue weighted by atomic mass is 10.1. The molecule has 1 N–H and O–H groups in total. The minimum absolute atomic E-state index is 0.0354. The van der Waals surface area contributed by atoms with Crippen LogP contribution in [-0.4, -0.2) is 40.8 Å². The molecule has 1 fully saturated rings. The van der Waals surface area contributed by atoms with Gasteiger partial charge in [-0.05, 0) is 18.9 Å². The summed E-state index contributed by atoms with van der Waals surface area (Å²) >= 11 is 0. The van der Waals surface area contributed by atoms with Crippen LogP contribution >= 0.6 is 0 Å². The van der Waals surface area contributed by atoms with E-state index in [1.165, 1.54) is 0 Å². The van der Waals surface area contributed by atoms with Crippen molar-refractivity contribution in [2.75, 3.05) is 13.2 Å². The van der Waals surface area contributed by atoms with Crippen molar-refractivity contribution in [3.63, 3.8) is 0 Å². The Bertz CT molecular complexity index is 657. The number of benzene rings is 1. The van der Waals surface area contributed by atoms with Crippen molar-refractivity contribution in [2.24, 2.45) is 0 Å². The van der Waals surface area contributed by atoms with Gasteiger partial charge in [0.2, 0.25) is 5.91 Å². The summed E-state index contributed by atoms with van der Waals surface area (Å²) in [4.78, 5) is 16.4. The maximum Gasteiger partial charge on any atom is 0.240 e. The van der Waals surface area contributed by atoms with Gasteiger partial charge in [0.05, 0.1) is 25.4 Å². The van der Waals surface area contributed by atoms with E-state index >= 15 is 0 Å². The van der Waals surface area contributed by atoms with Crippen molar-refractivity contribution in [1.29, 1.82) is 0 Å². The first kappa shape index (κ1) is 16.7. The highest BCUT2D eigenvalue weighted by Crippen LogP contribution is 2.14. The molecule has 0 bridgehead atoms. The first-order chi connectivity index (χ1) is 11.7. The van der Waals surface area contributed by atoms with E-state index in [2.05, 4.69) is 10.3 Å². The SMILES string of the molecule is Cc1nccn1CC(=O)N[C@@H]1COCC[C@@H]1OCc1ccccc1. The van der Waals surface area contributed by atoms with Crippen LogP contribution in [0.2, 0.25) is 0 Å². The number of amides is 1. The van der Waals surface area contributed by atoms with E-state index < -0.39 is 0 Å². The van der Waals surface area contributed by atoms with Gasteiger partial charge in [-0.3, -0.25) is 4.79 Å². The quantitative estimate of drug-likeness (QED) is 0.876. The molecule has 0 saturated carbocycles. The third kappa shape index (κ3) is 4.43. The zero-order valence-corrected chi connectivity index (χ0v) is 13.9. The highest BCUT2D eigenvalue weighted by Gasteiger charge is 2.28. The van der Waals surface area contributed by atoms with Crippen LogP contribution < -0.4 is 5.32 Å². The standard InChI is InChI=1S/C18H23N3O3/c1-14-19-8-9-21(14)11-18(22)20-16-13-23-10-7-17(16)24-12-15-5-3-2-4-6-15/h2-6,8-9,16-17H,7,10-13H2,1H3,(H,20,22)/t16-,17+/m1/s1. The minimum Gasteiger partial charge on any atom is -0.379 e. The molecule has 0 aliphatic carbocycles. The first-order valence-corrected chi connectivity index (χ1v) is 8.23. The average Bonchev–Trinajstić information content (AvgIpc) is 3.00. The van der Waals surface area contributed by atoms with Gasteiger partial charge >= 0.3 is 0 Å². The van der Waals surface area contributed by atoms with Crippen LogP contribution in [0, 0.1) is 6.92 Å². The van der Waals surface area contributed by atoms with Crippen molar-refractivity contribution in [3.05, 3.63) is 54.1 Å². The zero-order chi connectivity index (χ0) is 16.8. The molecule has 2 atom stereocenters. The molecule has 128 valence electrons. The fourth-order valence-corrected chi connectivity index (χ4v) is 2.81. The zero-order valence-electron chi connectivity index (χ0n) is 13.9. The molecule has 1 saturated heterocycles. The van der Waals surface area contributed by atoms with Crippen LogP contribution in [0.5, 0.6) is 0 Å². The highest BCUT2D eigenvalue weighted by molar-refractivity contribution is 5.76. The number of hydrogen-bond donors (Lipinski definition) is 1. The number of nitrogens with zero attached hydrogens (tertiary/aromatic N) is 2. The summed E-state index contributed by atoms with van der Waals surface area (Å²) in [7, 11) is 0. The van der Waals surface area contributed by atoms with Crippen LogP contribution in [0.15, 0.2) is 42.7 Å². The van der Waals surface area contributed by atoms with Crippen LogP contribution in [0.4, 0.5) is 0 Å². The molecule has 6 nitrogen and oxygen atoms in total. The van der Waals surface area contributed by atoms with Gasteiger partial charge in [0, 0.05) is 19.0 Å². The van der Waals surface area contributed by atoms with Crippen molar-refractivity contribution in [2.45, 2.75) is 38.6 Å². The van der Waals surface area contributed by atoms with Gasteiger partial charge in [0.25, 0.3) is 0 Å². The summed E-state index contributed by atoms with van der Waals surface area (Å²) in [5.41, 5.74) is 1.13. The fraction of sp³-hybridized carbons (Fsp3) is 0.444. The second-order valence-corrected chi connectivity index (χ2v) is 5.98. The number of carbonyl (C=O) groups excluding carboxylic acids is 1. The number of rotatable bonds is 6. The normalized spacial score (nSPS) is 20.7. The van der Waals surface area contributed by atoms with E-state index in [9.17, 15) is 4.79 Å². The third-order valence-corrected chi connectivity index (χ3v) is 4.18. The molecule has 0 unspecified atom stereocenters. The van der Waals surface area contributed by atoms with Gasteiger partial charge < -0.3 is 19.4 Å². The number of ether oxygens (including phenoxy) is 2. The van der Waals surface area contributed by atoms with E-state index in [1.54, 1.807) is 12.4 Å². The third-order valence-electron chi connectivity index (χ3n) is 4.18. The maximum atomic E-state index is 12.3. The summed E-state index contributed by atoms with van der Waals surface area (Å²) in [6.07, 6.45) is 4.24. The molecule has 2 aromatic rings. The van der Waals surface area contributed by atoms with Crippen LogP contribution in [0.25, 0.3) is 0 Å². The molecule has 3 rings (SSSR count). The Hall–Kier alpha value is -2.18. The summed E-state index contributed by atoms with van der Waals surface area (Å²) in [6, 6.07) is 9.92. The van der Waals surface area contributed by atoms with Gasteiger partial charge in [0.15, 0.2) is 0 Å². The van der Waals surface area contributed by atoms with Crippen LogP contribution in [0.1, 0.15) is 17.8 Å². The molecule has 6 heteroatoms. The lowest BCUT2D eigenvalue weighted by Gasteiger charge is -2.32. The predicted octanol–water partition coefficient (Wildman–Crippen LogP) is 1.68. The summed E-state index contributed by atoms with van der Waals surface area (Å²) in [6.45, 7) is 3.82. The Balaban J connectivity index is 1.54. The molecule has 1 aromatic carbocycles. The van der Waals surface area contributed by atoms with Crippen molar-refractivity contribution >= 4 is 5.91 Å². The topological polar surface area (TPSA) is 65.4 Å². The second-order valence-electron chi connectivity index (χ2n) is 5.98. The lowest BCUT2D eigenvalue weighted by molar-refractivity contribution is -0.127. The van der Waals surface area contributed by atoms with E-state index in [0.717, 1.165) is 17.8 Å². The van der Waals surface area contributed by atoms with E-state index in [-0.39, 0.29) is 24.6 Å². The van der Waals surface area contributed by atoms with E-state index in [1.807, 2.05) is 41.8 Å². The molecule has 0 spiro atoms.